The molecule has 0 heterocycles. The van der Waals surface area contributed by atoms with Gasteiger partial charge in [0.15, 0.2) is 0 Å². The Balaban J connectivity index is 0. The van der Waals surface area contributed by atoms with Crippen LogP contribution in [0, 0.1) is 0 Å². The molecule has 0 rings (SSSR count). The first-order chi connectivity index (χ1) is 5.70. The summed E-state index contributed by atoms with van der Waals surface area (Å²) in [5.41, 5.74) is 1.08. The van der Waals surface area contributed by atoms with E-state index in [-0.39, 0.29) is 0 Å². The van der Waals surface area contributed by atoms with Crippen LogP contribution >= 0.6 is 0 Å². The second kappa shape index (κ2) is 10.1. The van der Waals surface area contributed by atoms with Crippen LogP contribution in [0.15, 0.2) is 29.4 Å². The number of likely N-dealkylation sites (N-methyl/N-ethyl adjacent to an activating group) is 1. The highest BCUT2D eigenvalue weighted by atomic mass is 15.0. The first kappa shape index (κ1) is 13.7. The van der Waals surface area contributed by atoms with Crippen LogP contribution in [-0.4, -0.2) is 32.3 Å². The highest BCUT2D eigenvalue weighted by Crippen LogP contribution is 1.96. The van der Waals surface area contributed by atoms with Gasteiger partial charge >= 0.3 is 0 Å². The number of nitrogens with zero attached hydrogens (tertiary/aromatic N) is 2. The fourth-order valence-electron chi connectivity index (χ4n) is 0.640. The summed E-state index contributed by atoms with van der Waals surface area (Å²) in [5.74, 6) is 0. The van der Waals surface area contributed by atoms with Gasteiger partial charge in [0.2, 0.25) is 0 Å². The quantitative estimate of drug-likeness (QED) is 0.465. The fraction of sp³-hybridized carbons (Fsp3) is 0.500. The maximum Gasteiger partial charge on any atom is 0.0305 e. The molecule has 0 saturated carbocycles. The van der Waals surface area contributed by atoms with Crippen LogP contribution in [0.1, 0.15) is 13.8 Å². The molecule has 12 heavy (non-hydrogen) atoms. The molecule has 0 aromatic carbocycles. The molecule has 0 saturated heterocycles. The van der Waals surface area contributed by atoms with Crippen molar-refractivity contribution < 1.29 is 0 Å². The summed E-state index contributed by atoms with van der Waals surface area (Å²) in [7, 11) is 4.00. The van der Waals surface area contributed by atoms with Crippen molar-refractivity contribution in [2.24, 2.45) is 4.99 Å². The van der Waals surface area contributed by atoms with Gasteiger partial charge in [0.05, 0.1) is 0 Å². The summed E-state index contributed by atoms with van der Waals surface area (Å²) >= 11 is 0. The van der Waals surface area contributed by atoms with Gasteiger partial charge in [-0.1, -0.05) is 26.5 Å². The molecular formula is C10H20N2. The standard InChI is InChI=1S/C8H14N2.C2H6/c1-5-8(6-9-2)7-10(3)4;1-2/h5-6H,1-2,7H2,3-4H3;1-2H3/b8-6+;. The topological polar surface area (TPSA) is 15.6 Å². The lowest BCUT2D eigenvalue weighted by molar-refractivity contribution is 0.448. The van der Waals surface area contributed by atoms with Crippen LogP contribution in [0.5, 0.6) is 0 Å². The molecule has 0 aromatic rings. The van der Waals surface area contributed by atoms with Gasteiger partial charge in [-0.25, -0.2) is 0 Å². The van der Waals surface area contributed by atoms with Crippen molar-refractivity contribution in [2.45, 2.75) is 13.8 Å². The van der Waals surface area contributed by atoms with Gasteiger partial charge in [-0.15, -0.1) is 0 Å². The van der Waals surface area contributed by atoms with Gasteiger partial charge in [-0.3, -0.25) is 4.99 Å². The van der Waals surface area contributed by atoms with Gasteiger partial charge < -0.3 is 4.90 Å². The van der Waals surface area contributed by atoms with Crippen LogP contribution in [-0.2, 0) is 0 Å². The average molecular weight is 168 g/mol. The van der Waals surface area contributed by atoms with Crippen molar-refractivity contribution in [3.05, 3.63) is 24.4 Å². The molecule has 0 radical (unpaired) electrons. The third kappa shape index (κ3) is 9.11. The van der Waals surface area contributed by atoms with Crippen molar-refractivity contribution in [3.63, 3.8) is 0 Å². The number of hydrogen-bond donors (Lipinski definition) is 0. The minimum absolute atomic E-state index is 0.864. The molecular weight excluding hydrogens is 148 g/mol. The van der Waals surface area contributed by atoms with E-state index in [4.69, 9.17) is 0 Å². The monoisotopic (exact) mass is 168 g/mol. The van der Waals surface area contributed by atoms with E-state index in [0.717, 1.165) is 12.1 Å². The predicted molar refractivity (Wildman–Crippen MR) is 57.7 cm³/mol. The highest BCUT2D eigenvalue weighted by molar-refractivity contribution is 5.28. The second-order valence-corrected chi connectivity index (χ2v) is 2.33. The average Bonchev–Trinajstić information content (AvgIpc) is 2.07. The van der Waals surface area contributed by atoms with Crippen molar-refractivity contribution in [1.29, 1.82) is 0 Å². The molecule has 0 spiro atoms. The maximum atomic E-state index is 3.65. The van der Waals surface area contributed by atoms with Gasteiger partial charge in [-0.05, 0) is 26.4 Å². The lowest BCUT2D eigenvalue weighted by Gasteiger charge is -2.08. The summed E-state index contributed by atoms with van der Waals surface area (Å²) in [6, 6.07) is 0. The highest BCUT2D eigenvalue weighted by Gasteiger charge is 1.91. The predicted octanol–water partition coefficient (Wildman–Crippen LogP) is 2.34. The van der Waals surface area contributed by atoms with E-state index >= 15 is 0 Å². The molecule has 0 aliphatic carbocycles. The van der Waals surface area contributed by atoms with Crippen molar-refractivity contribution >= 4 is 6.72 Å². The summed E-state index contributed by atoms with van der Waals surface area (Å²) in [5, 5.41) is 0. The molecule has 0 aliphatic rings. The SMILES string of the molecule is C=C/C(=C\N=C)CN(C)C.CC. The van der Waals surface area contributed by atoms with E-state index in [0.29, 0.717) is 0 Å². The normalized spacial score (nSPS) is 10.2. The number of rotatable bonds is 4. The van der Waals surface area contributed by atoms with Crippen LogP contribution in [0.3, 0.4) is 0 Å². The Bertz CT molecular complexity index is 146. The van der Waals surface area contributed by atoms with Gasteiger partial charge in [-0.2, -0.15) is 0 Å². The molecule has 70 valence electrons. The van der Waals surface area contributed by atoms with E-state index < -0.39 is 0 Å². The van der Waals surface area contributed by atoms with E-state index in [1.807, 2.05) is 27.9 Å². The lowest BCUT2D eigenvalue weighted by atomic mass is 10.3. The molecule has 0 amide bonds. The minimum Gasteiger partial charge on any atom is -0.305 e. The van der Waals surface area contributed by atoms with E-state index in [9.17, 15) is 0 Å². The Morgan fingerprint density at radius 3 is 2.17 bits per heavy atom. The van der Waals surface area contributed by atoms with E-state index in [2.05, 4.69) is 23.2 Å². The first-order valence-corrected chi connectivity index (χ1v) is 4.12. The molecule has 0 fully saturated rings. The van der Waals surface area contributed by atoms with Crippen LogP contribution in [0.25, 0.3) is 0 Å². The second-order valence-electron chi connectivity index (χ2n) is 2.33. The van der Waals surface area contributed by atoms with Crippen LogP contribution < -0.4 is 0 Å². The smallest absolute Gasteiger partial charge is 0.0305 e. The van der Waals surface area contributed by atoms with E-state index in [1.54, 1.807) is 12.3 Å². The Morgan fingerprint density at radius 2 is 1.92 bits per heavy atom. The first-order valence-electron chi connectivity index (χ1n) is 4.12. The number of hydrogen-bond acceptors (Lipinski definition) is 2. The summed E-state index contributed by atoms with van der Waals surface area (Å²) in [6.07, 6.45) is 3.50. The lowest BCUT2D eigenvalue weighted by Crippen LogP contribution is -2.13. The molecule has 2 nitrogen and oxygen atoms in total. The summed E-state index contributed by atoms with van der Waals surface area (Å²) < 4.78 is 0. The zero-order valence-electron chi connectivity index (χ0n) is 8.67. The zero-order chi connectivity index (χ0) is 9.98. The Labute approximate surface area is 76.3 Å². The van der Waals surface area contributed by atoms with Gasteiger partial charge in [0.25, 0.3) is 0 Å². The maximum absolute atomic E-state index is 3.65. The number of aliphatic imine (C=N–C) groups is 1. The molecule has 0 bridgehead atoms. The van der Waals surface area contributed by atoms with Gasteiger partial charge in [0.1, 0.15) is 0 Å². The largest absolute Gasteiger partial charge is 0.305 e. The van der Waals surface area contributed by atoms with Crippen LogP contribution in [0.2, 0.25) is 0 Å². The zero-order valence-corrected chi connectivity index (χ0v) is 8.67. The molecule has 0 unspecified atom stereocenters. The fourth-order valence-corrected chi connectivity index (χ4v) is 0.640. The molecule has 0 aliphatic heterocycles. The van der Waals surface area contributed by atoms with Crippen molar-refractivity contribution in [3.8, 4) is 0 Å². The Hall–Kier alpha value is -0.890. The van der Waals surface area contributed by atoms with Crippen LogP contribution in [0.4, 0.5) is 0 Å². The van der Waals surface area contributed by atoms with Crippen molar-refractivity contribution in [1.82, 2.24) is 4.90 Å². The molecule has 0 N–H and O–H groups in total. The van der Waals surface area contributed by atoms with Crippen molar-refractivity contribution in [2.75, 3.05) is 20.6 Å². The third-order valence-corrected chi connectivity index (χ3v) is 1.02. The molecule has 2 heteroatoms. The molecule has 0 atom stereocenters. The van der Waals surface area contributed by atoms with E-state index in [1.165, 1.54) is 0 Å². The molecule has 0 aromatic heterocycles. The Morgan fingerprint density at radius 1 is 1.42 bits per heavy atom. The van der Waals surface area contributed by atoms with Gasteiger partial charge in [0, 0.05) is 12.7 Å². The minimum atomic E-state index is 0.864. The Kier molecular flexibility index (Phi) is 11.5. The third-order valence-electron chi connectivity index (χ3n) is 1.02. The summed E-state index contributed by atoms with van der Waals surface area (Å²) in [6.45, 7) is 11.9. The summed E-state index contributed by atoms with van der Waals surface area (Å²) in [4.78, 5) is 5.70.